The van der Waals surface area contributed by atoms with Gasteiger partial charge in [0.15, 0.2) is 0 Å². The van der Waals surface area contributed by atoms with Crippen LogP contribution in [0, 0.1) is 5.92 Å². The van der Waals surface area contributed by atoms with Crippen LogP contribution in [-0.2, 0) is 11.2 Å². The average molecular weight is 443 g/mol. The number of amides is 2. The lowest BCUT2D eigenvalue weighted by Crippen LogP contribution is -2.48. The molecule has 2 atom stereocenters. The van der Waals surface area contributed by atoms with Crippen molar-refractivity contribution in [2.24, 2.45) is 5.92 Å². The Labute approximate surface area is 195 Å². The SMILES string of the molecule is COc1ccc(C(=O)N2C[C@H](C(=O)NCCc3ccccc3)C[C@@H](c3ccccc3)C2)cc1. The minimum atomic E-state index is -0.248. The molecule has 0 aromatic heterocycles. The Morgan fingerprint density at radius 2 is 1.58 bits per heavy atom. The number of piperidine rings is 1. The molecule has 1 aliphatic heterocycles. The molecule has 1 aliphatic rings. The molecule has 0 unspecified atom stereocenters. The summed E-state index contributed by atoms with van der Waals surface area (Å²) in [6.07, 6.45) is 1.52. The molecule has 1 heterocycles. The number of carbonyl (C=O) groups is 2. The van der Waals surface area contributed by atoms with E-state index >= 15 is 0 Å². The van der Waals surface area contributed by atoms with Crippen molar-refractivity contribution in [3.05, 3.63) is 102 Å². The van der Waals surface area contributed by atoms with Crippen LogP contribution in [0.25, 0.3) is 0 Å². The Hall–Kier alpha value is -3.60. The highest BCUT2D eigenvalue weighted by atomic mass is 16.5. The number of benzene rings is 3. The molecule has 170 valence electrons. The third-order valence-corrected chi connectivity index (χ3v) is 6.27. The molecule has 0 spiro atoms. The second kappa shape index (κ2) is 10.8. The summed E-state index contributed by atoms with van der Waals surface area (Å²) in [4.78, 5) is 28.2. The number of rotatable bonds is 7. The molecule has 0 bridgehead atoms. The molecule has 0 aliphatic carbocycles. The minimum Gasteiger partial charge on any atom is -0.497 e. The topological polar surface area (TPSA) is 58.6 Å². The zero-order valence-corrected chi connectivity index (χ0v) is 18.9. The molecule has 3 aromatic rings. The number of carbonyl (C=O) groups excluding carboxylic acids is 2. The molecular formula is C28H30N2O3. The monoisotopic (exact) mass is 442 g/mol. The van der Waals surface area contributed by atoms with Crippen molar-refractivity contribution >= 4 is 11.8 Å². The van der Waals surface area contributed by atoms with Gasteiger partial charge in [-0.25, -0.2) is 0 Å². The fourth-order valence-electron chi connectivity index (χ4n) is 4.46. The van der Waals surface area contributed by atoms with Gasteiger partial charge in [-0.05, 0) is 48.2 Å². The van der Waals surface area contributed by atoms with Gasteiger partial charge in [0, 0.05) is 31.1 Å². The summed E-state index contributed by atoms with van der Waals surface area (Å²) >= 11 is 0. The van der Waals surface area contributed by atoms with Crippen molar-refractivity contribution in [1.29, 1.82) is 0 Å². The molecule has 2 amide bonds. The number of methoxy groups -OCH3 is 1. The van der Waals surface area contributed by atoms with E-state index in [0.717, 1.165) is 18.4 Å². The Balaban J connectivity index is 1.47. The third-order valence-electron chi connectivity index (χ3n) is 6.27. The van der Waals surface area contributed by atoms with Gasteiger partial charge in [0.05, 0.1) is 13.0 Å². The lowest BCUT2D eigenvalue weighted by atomic mass is 9.83. The molecule has 0 saturated carbocycles. The van der Waals surface area contributed by atoms with E-state index in [1.165, 1.54) is 5.56 Å². The van der Waals surface area contributed by atoms with Gasteiger partial charge in [0.1, 0.15) is 5.75 Å². The Bertz CT molecular complexity index is 1050. The fraction of sp³-hybridized carbons (Fsp3) is 0.286. The van der Waals surface area contributed by atoms with Crippen LogP contribution in [0.5, 0.6) is 5.75 Å². The molecule has 1 N–H and O–H groups in total. The summed E-state index contributed by atoms with van der Waals surface area (Å²) in [5, 5.41) is 3.09. The first-order valence-electron chi connectivity index (χ1n) is 11.4. The number of nitrogens with zero attached hydrogens (tertiary/aromatic N) is 1. The fourth-order valence-corrected chi connectivity index (χ4v) is 4.46. The van der Waals surface area contributed by atoms with E-state index in [-0.39, 0.29) is 23.7 Å². The quantitative estimate of drug-likeness (QED) is 0.594. The highest BCUT2D eigenvalue weighted by molar-refractivity contribution is 5.95. The van der Waals surface area contributed by atoms with Crippen molar-refractivity contribution < 1.29 is 14.3 Å². The van der Waals surface area contributed by atoms with Gasteiger partial charge in [-0.15, -0.1) is 0 Å². The maximum atomic E-state index is 13.3. The Morgan fingerprint density at radius 3 is 2.24 bits per heavy atom. The van der Waals surface area contributed by atoms with Crippen molar-refractivity contribution in [2.45, 2.75) is 18.8 Å². The van der Waals surface area contributed by atoms with Crippen LogP contribution in [-0.4, -0.2) is 43.5 Å². The highest BCUT2D eigenvalue weighted by Crippen LogP contribution is 2.31. The van der Waals surface area contributed by atoms with Gasteiger partial charge < -0.3 is 15.0 Å². The molecule has 3 aromatic carbocycles. The second-order valence-electron chi connectivity index (χ2n) is 8.51. The summed E-state index contributed by atoms with van der Waals surface area (Å²) in [5.41, 5.74) is 2.96. The van der Waals surface area contributed by atoms with Crippen molar-refractivity contribution in [3.8, 4) is 5.75 Å². The maximum Gasteiger partial charge on any atom is 0.253 e. The molecule has 1 fully saturated rings. The largest absolute Gasteiger partial charge is 0.497 e. The summed E-state index contributed by atoms with van der Waals surface area (Å²) in [7, 11) is 1.60. The standard InChI is InChI=1S/C28H30N2O3/c1-33-26-14-12-23(13-15-26)28(32)30-19-24(22-10-6-3-7-11-22)18-25(20-30)27(31)29-17-16-21-8-4-2-5-9-21/h2-15,24-25H,16-20H2,1H3,(H,29,31)/t24-,25-/m1/s1. The van der Waals surface area contributed by atoms with Crippen LogP contribution < -0.4 is 10.1 Å². The van der Waals surface area contributed by atoms with Gasteiger partial charge in [-0.3, -0.25) is 9.59 Å². The number of hydrogen-bond donors (Lipinski definition) is 1. The lowest BCUT2D eigenvalue weighted by Gasteiger charge is -2.37. The van der Waals surface area contributed by atoms with Gasteiger partial charge in [0.2, 0.25) is 5.91 Å². The van der Waals surface area contributed by atoms with Crippen LogP contribution in [0.15, 0.2) is 84.9 Å². The summed E-state index contributed by atoms with van der Waals surface area (Å²) < 4.78 is 5.21. The molecule has 33 heavy (non-hydrogen) atoms. The highest BCUT2D eigenvalue weighted by Gasteiger charge is 2.34. The van der Waals surface area contributed by atoms with Crippen molar-refractivity contribution in [1.82, 2.24) is 10.2 Å². The third kappa shape index (κ3) is 5.80. The second-order valence-corrected chi connectivity index (χ2v) is 8.51. The van der Waals surface area contributed by atoms with Crippen molar-refractivity contribution in [2.75, 3.05) is 26.7 Å². The van der Waals surface area contributed by atoms with Gasteiger partial charge in [-0.2, -0.15) is 0 Å². The number of likely N-dealkylation sites (tertiary alicyclic amines) is 1. The van der Waals surface area contributed by atoms with E-state index in [1.54, 1.807) is 31.4 Å². The lowest BCUT2D eigenvalue weighted by molar-refractivity contribution is -0.126. The van der Waals surface area contributed by atoms with Crippen LogP contribution in [0.1, 0.15) is 33.8 Å². The minimum absolute atomic E-state index is 0.0130. The van der Waals surface area contributed by atoms with E-state index in [4.69, 9.17) is 4.74 Å². The summed E-state index contributed by atoms with van der Waals surface area (Å²) in [6.45, 7) is 1.61. The summed E-state index contributed by atoms with van der Waals surface area (Å²) in [5.74, 6) is 0.538. The maximum absolute atomic E-state index is 13.3. The van der Waals surface area contributed by atoms with Crippen LogP contribution in [0.2, 0.25) is 0 Å². The van der Waals surface area contributed by atoms with E-state index in [1.807, 2.05) is 41.3 Å². The van der Waals surface area contributed by atoms with Crippen molar-refractivity contribution in [3.63, 3.8) is 0 Å². The molecule has 1 saturated heterocycles. The Kier molecular flexibility index (Phi) is 7.40. The smallest absolute Gasteiger partial charge is 0.253 e. The van der Waals surface area contributed by atoms with Gasteiger partial charge in [0.25, 0.3) is 5.91 Å². The van der Waals surface area contributed by atoms with E-state index in [2.05, 4.69) is 29.6 Å². The van der Waals surface area contributed by atoms with Crippen LogP contribution in [0.3, 0.4) is 0 Å². The molecule has 5 heteroatoms. The molecule has 5 nitrogen and oxygen atoms in total. The Morgan fingerprint density at radius 1 is 0.909 bits per heavy atom. The van der Waals surface area contributed by atoms with Crippen LogP contribution in [0.4, 0.5) is 0 Å². The average Bonchev–Trinajstić information content (AvgIpc) is 2.89. The molecule has 4 rings (SSSR count). The predicted octanol–water partition coefficient (Wildman–Crippen LogP) is 4.30. The van der Waals surface area contributed by atoms with Gasteiger partial charge >= 0.3 is 0 Å². The first kappa shape index (κ1) is 22.6. The van der Waals surface area contributed by atoms with E-state index in [0.29, 0.717) is 30.9 Å². The first-order chi connectivity index (χ1) is 16.1. The van der Waals surface area contributed by atoms with Crippen LogP contribution >= 0.6 is 0 Å². The number of nitrogens with one attached hydrogen (secondary N) is 1. The van der Waals surface area contributed by atoms with E-state index in [9.17, 15) is 9.59 Å². The predicted molar refractivity (Wildman–Crippen MR) is 129 cm³/mol. The molecule has 0 radical (unpaired) electrons. The van der Waals surface area contributed by atoms with Gasteiger partial charge in [-0.1, -0.05) is 60.7 Å². The normalized spacial score (nSPS) is 17.9. The zero-order chi connectivity index (χ0) is 23.0. The zero-order valence-electron chi connectivity index (χ0n) is 18.9. The molecular weight excluding hydrogens is 412 g/mol. The number of hydrogen-bond acceptors (Lipinski definition) is 3. The number of ether oxygens (including phenoxy) is 1. The van der Waals surface area contributed by atoms with E-state index < -0.39 is 0 Å². The first-order valence-corrected chi connectivity index (χ1v) is 11.4. The summed E-state index contributed by atoms with van der Waals surface area (Å²) in [6, 6.07) is 27.4.